The number of anilines is 1. The van der Waals surface area contributed by atoms with Gasteiger partial charge >= 0.3 is 0 Å². The number of likely N-dealkylation sites (N-methyl/N-ethyl adjacent to an activating group) is 1. The highest BCUT2D eigenvalue weighted by Gasteiger charge is 2.34. The zero-order valence-electron chi connectivity index (χ0n) is 22.5. The van der Waals surface area contributed by atoms with Crippen molar-refractivity contribution in [3.05, 3.63) is 89.5 Å². The van der Waals surface area contributed by atoms with Crippen LogP contribution in [-0.4, -0.2) is 51.9 Å². The summed E-state index contributed by atoms with van der Waals surface area (Å²) in [5, 5.41) is 2.62. The molecule has 0 heterocycles. The van der Waals surface area contributed by atoms with Crippen molar-refractivity contribution in [2.45, 2.75) is 44.7 Å². The summed E-state index contributed by atoms with van der Waals surface area (Å²) in [6, 6.07) is 20.1. The van der Waals surface area contributed by atoms with Crippen molar-refractivity contribution < 1.29 is 22.7 Å². The fourth-order valence-corrected chi connectivity index (χ4v) is 5.63. The molecule has 3 aromatic rings. The molecule has 0 aliphatic heterocycles. The third-order valence-corrected chi connectivity index (χ3v) is 8.09. The van der Waals surface area contributed by atoms with Gasteiger partial charge in [-0.25, -0.2) is 8.42 Å². The van der Waals surface area contributed by atoms with Crippen LogP contribution < -0.4 is 14.4 Å². The van der Waals surface area contributed by atoms with Crippen LogP contribution in [0, 0.1) is 13.8 Å². The molecule has 1 atom stereocenters. The molecule has 38 heavy (non-hydrogen) atoms. The van der Waals surface area contributed by atoms with Gasteiger partial charge in [-0.1, -0.05) is 61.0 Å². The Morgan fingerprint density at radius 3 is 2.16 bits per heavy atom. The zero-order valence-corrected chi connectivity index (χ0v) is 23.3. The number of hydrogen-bond donors (Lipinski definition) is 1. The number of ether oxygens (including phenoxy) is 1. The summed E-state index contributed by atoms with van der Waals surface area (Å²) in [5.41, 5.74) is 2.78. The van der Waals surface area contributed by atoms with Crippen molar-refractivity contribution in [2.24, 2.45) is 0 Å². The molecule has 0 unspecified atom stereocenters. The normalized spacial score (nSPS) is 11.9. The average molecular weight is 538 g/mol. The van der Waals surface area contributed by atoms with Gasteiger partial charge in [0.25, 0.3) is 10.0 Å². The topological polar surface area (TPSA) is 96.0 Å². The van der Waals surface area contributed by atoms with Crippen LogP contribution in [0.1, 0.15) is 30.0 Å². The second-order valence-corrected chi connectivity index (χ2v) is 10.9. The molecule has 1 N–H and O–H groups in total. The van der Waals surface area contributed by atoms with E-state index in [9.17, 15) is 18.0 Å². The molecule has 3 aromatic carbocycles. The standard InChI is InChI=1S/C29H35N3O5S/c1-6-25(29(34)30-4)31(19-23-10-8-7-9-11-23)28(33)20-32(26-18-22(3)14-17-27(26)37-5)38(35,36)24-15-12-21(2)13-16-24/h7-18,25H,6,19-20H2,1-5H3,(H,30,34)/t25-/m1/s1. The number of carbonyl (C=O) groups excluding carboxylic acids is 2. The smallest absolute Gasteiger partial charge is 0.264 e. The van der Waals surface area contributed by atoms with E-state index in [-0.39, 0.29) is 23.0 Å². The van der Waals surface area contributed by atoms with Gasteiger partial charge in [-0.15, -0.1) is 0 Å². The van der Waals surface area contributed by atoms with Gasteiger partial charge in [-0.05, 0) is 55.7 Å². The highest BCUT2D eigenvalue weighted by molar-refractivity contribution is 7.92. The molecule has 202 valence electrons. The van der Waals surface area contributed by atoms with Crippen molar-refractivity contribution in [1.29, 1.82) is 0 Å². The van der Waals surface area contributed by atoms with E-state index in [0.29, 0.717) is 12.2 Å². The van der Waals surface area contributed by atoms with Crippen molar-refractivity contribution in [3.8, 4) is 5.75 Å². The van der Waals surface area contributed by atoms with E-state index in [2.05, 4.69) is 5.32 Å². The number of amides is 2. The largest absolute Gasteiger partial charge is 0.495 e. The van der Waals surface area contributed by atoms with Gasteiger partial charge in [0.05, 0.1) is 17.7 Å². The van der Waals surface area contributed by atoms with Crippen LogP contribution in [-0.2, 0) is 26.2 Å². The summed E-state index contributed by atoms with van der Waals surface area (Å²) >= 11 is 0. The lowest BCUT2D eigenvalue weighted by molar-refractivity contribution is -0.140. The van der Waals surface area contributed by atoms with Crippen LogP contribution in [0.5, 0.6) is 5.75 Å². The molecule has 0 aliphatic rings. The number of aryl methyl sites for hydroxylation is 2. The predicted octanol–water partition coefficient (Wildman–Crippen LogP) is 4.06. The van der Waals surface area contributed by atoms with E-state index in [0.717, 1.165) is 21.0 Å². The molecule has 0 fully saturated rings. The molecule has 0 saturated heterocycles. The monoisotopic (exact) mass is 537 g/mol. The first kappa shape index (κ1) is 28.7. The van der Waals surface area contributed by atoms with Crippen LogP contribution in [0.3, 0.4) is 0 Å². The van der Waals surface area contributed by atoms with Gasteiger partial charge in [-0.3, -0.25) is 13.9 Å². The summed E-state index contributed by atoms with van der Waals surface area (Å²) in [7, 11) is -1.21. The van der Waals surface area contributed by atoms with Crippen molar-refractivity contribution in [1.82, 2.24) is 10.2 Å². The molecule has 0 saturated carbocycles. The number of sulfonamides is 1. The Bertz CT molecular complexity index is 1360. The summed E-state index contributed by atoms with van der Waals surface area (Å²) in [4.78, 5) is 28.2. The highest BCUT2D eigenvalue weighted by atomic mass is 32.2. The Labute approximate surface area is 225 Å². The number of hydrogen-bond acceptors (Lipinski definition) is 5. The second kappa shape index (κ2) is 12.6. The molecular formula is C29H35N3O5S. The van der Waals surface area contributed by atoms with E-state index >= 15 is 0 Å². The maximum atomic E-state index is 14.0. The Hall–Kier alpha value is -3.85. The van der Waals surface area contributed by atoms with Crippen LogP contribution in [0.2, 0.25) is 0 Å². The third-order valence-electron chi connectivity index (χ3n) is 6.32. The van der Waals surface area contributed by atoms with E-state index in [1.807, 2.05) is 51.1 Å². The minimum atomic E-state index is -4.17. The summed E-state index contributed by atoms with van der Waals surface area (Å²) in [5.74, 6) is -0.520. The highest BCUT2D eigenvalue weighted by Crippen LogP contribution is 2.34. The van der Waals surface area contributed by atoms with Gasteiger partial charge in [0.1, 0.15) is 18.3 Å². The van der Waals surface area contributed by atoms with Crippen molar-refractivity contribution in [3.63, 3.8) is 0 Å². The molecule has 0 aliphatic carbocycles. The SMILES string of the molecule is CC[C@H](C(=O)NC)N(Cc1ccccc1)C(=O)CN(c1cc(C)ccc1OC)S(=O)(=O)c1ccc(C)cc1. The van der Waals surface area contributed by atoms with E-state index in [1.54, 1.807) is 30.3 Å². The van der Waals surface area contributed by atoms with Crippen LogP contribution in [0.15, 0.2) is 77.7 Å². The lowest BCUT2D eigenvalue weighted by Crippen LogP contribution is -2.51. The molecule has 0 aromatic heterocycles. The average Bonchev–Trinajstić information content (AvgIpc) is 2.92. The number of carbonyl (C=O) groups is 2. The van der Waals surface area contributed by atoms with Crippen molar-refractivity contribution in [2.75, 3.05) is 25.0 Å². The molecule has 3 rings (SSSR count). The van der Waals surface area contributed by atoms with Gasteiger partial charge in [-0.2, -0.15) is 0 Å². The molecule has 2 amide bonds. The first-order valence-electron chi connectivity index (χ1n) is 12.4. The number of methoxy groups -OCH3 is 1. The number of nitrogens with zero attached hydrogens (tertiary/aromatic N) is 2. The zero-order chi connectivity index (χ0) is 27.9. The van der Waals surface area contributed by atoms with Crippen LogP contribution in [0.4, 0.5) is 5.69 Å². The molecule has 8 nitrogen and oxygen atoms in total. The van der Waals surface area contributed by atoms with Crippen LogP contribution >= 0.6 is 0 Å². The summed E-state index contributed by atoms with van der Waals surface area (Å²) in [6.45, 7) is 5.15. The maximum absolute atomic E-state index is 14.0. The molecular weight excluding hydrogens is 502 g/mol. The lowest BCUT2D eigenvalue weighted by atomic mass is 10.1. The molecule has 0 radical (unpaired) electrons. The fraction of sp³-hybridized carbons (Fsp3) is 0.310. The van der Waals surface area contributed by atoms with E-state index < -0.39 is 28.5 Å². The Morgan fingerprint density at radius 2 is 1.58 bits per heavy atom. The first-order chi connectivity index (χ1) is 18.1. The van der Waals surface area contributed by atoms with Crippen LogP contribution in [0.25, 0.3) is 0 Å². The minimum absolute atomic E-state index is 0.0485. The predicted molar refractivity (Wildman–Crippen MR) is 149 cm³/mol. The Kier molecular flexibility index (Phi) is 9.52. The van der Waals surface area contributed by atoms with Gasteiger partial charge in [0, 0.05) is 13.6 Å². The molecule has 9 heteroatoms. The maximum Gasteiger partial charge on any atom is 0.264 e. The third kappa shape index (κ3) is 6.52. The van der Waals surface area contributed by atoms with E-state index in [1.165, 1.54) is 31.2 Å². The van der Waals surface area contributed by atoms with Gasteiger partial charge in [0.15, 0.2) is 0 Å². The second-order valence-electron chi connectivity index (χ2n) is 9.05. The number of rotatable bonds is 11. The Morgan fingerprint density at radius 1 is 0.947 bits per heavy atom. The summed E-state index contributed by atoms with van der Waals surface area (Å²) < 4.78 is 34.5. The van der Waals surface area contributed by atoms with Gasteiger partial charge in [0.2, 0.25) is 11.8 Å². The minimum Gasteiger partial charge on any atom is -0.495 e. The molecule has 0 spiro atoms. The fourth-order valence-electron chi connectivity index (χ4n) is 4.21. The Balaban J connectivity index is 2.12. The first-order valence-corrected chi connectivity index (χ1v) is 13.8. The van der Waals surface area contributed by atoms with E-state index in [4.69, 9.17) is 4.74 Å². The summed E-state index contributed by atoms with van der Waals surface area (Å²) in [6.07, 6.45) is 0.358. The lowest BCUT2D eigenvalue weighted by Gasteiger charge is -2.33. The molecule has 0 bridgehead atoms. The number of benzene rings is 3. The quantitative estimate of drug-likeness (QED) is 0.398. The van der Waals surface area contributed by atoms with Crippen molar-refractivity contribution >= 4 is 27.5 Å². The number of nitrogens with one attached hydrogen (secondary N) is 1. The van der Waals surface area contributed by atoms with Gasteiger partial charge < -0.3 is 15.0 Å².